The van der Waals surface area contributed by atoms with E-state index in [0.717, 1.165) is 11.3 Å². The monoisotopic (exact) mass is 327 g/mol. The maximum atomic E-state index is 5.69. The second kappa shape index (κ2) is 7.04. The predicted octanol–water partition coefficient (Wildman–Crippen LogP) is 2.09. The quantitative estimate of drug-likeness (QED) is 0.808. The van der Waals surface area contributed by atoms with Gasteiger partial charge >= 0.3 is 0 Å². The zero-order valence-electron chi connectivity index (χ0n) is 14.2. The van der Waals surface area contributed by atoms with Crippen molar-refractivity contribution in [1.82, 2.24) is 15.0 Å². The largest absolute Gasteiger partial charge is 0.497 e. The standard InChI is InChI=1S/C18H21N3O3/c1-18(2)12-23-17(24-13-18)11-21-19-10-15(20-21)7-4-14-5-8-16(22-3)9-6-14/h5-6,8-10,17H,11-13H2,1-3H3. The summed E-state index contributed by atoms with van der Waals surface area (Å²) in [5.74, 6) is 6.87. The van der Waals surface area contributed by atoms with Crippen LogP contribution in [0.15, 0.2) is 30.5 Å². The SMILES string of the molecule is COc1ccc(C#Cc2cnn(CC3OCC(C)(C)CO3)n2)cc1. The van der Waals surface area contributed by atoms with Crippen molar-refractivity contribution in [2.45, 2.75) is 26.7 Å². The van der Waals surface area contributed by atoms with Crippen LogP contribution in [0.2, 0.25) is 0 Å². The van der Waals surface area contributed by atoms with Gasteiger partial charge in [0.15, 0.2) is 12.0 Å². The Bertz CT molecular complexity index is 731. The van der Waals surface area contributed by atoms with Crippen LogP contribution in [-0.2, 0) is 16.0 Å². The Hall–Kier alpha value is -2.36. The summed E-state index contributed by atoms with van der Waals surface area (Å²) in [6.45, 7) is 6.02. The Kier molecular flexibility index (Phi) is 4.84. The highest BCUT2D eigenvalue weighted by Crippen LogP contribution is 2.23. The summed E-state index contributed by atoms with van der Waals surface area (Å²) in [4.78, 5) is 1.56. The van der Waals surface area contributed by atoms with Crippen molar-refractivity contribution in [1.29, 1.82) is 0 Å². The van der Waals surface area contributed by atoms with Crippen molar-refractivity contribution in [3.05, 3.63) is 41.7 Å². The van der Waals surface area contributed by atoms with E-state index < -0.39 is 0 Å². The third-order valence-electron chi connectivity index (χ3n) is 3.59. The van der Waals surface area contributed by atoms with Crippen molar-refractivity contribution in [3.8, 4) is 17.6 Å². The summed E-state index contributed by atoms with van der Waals surface area (Å²) in [6.07, 6.45) is 1.33. The molecule has 1 aromatic heterocycles. The van der Waals surface area contributed by atoms with Crippen LogP contribution in [0.4, 0.5) is 0 Å². The van der Waals surface area contributed by atoms with E-state index in [9.17, 15) is 0 Å². The first-order valence-electron chi connectivity index (χ1n) is 7.83. The average molecular weight is 327 g/mol. The summed E-state index contributed by atoms with van der Waals surface area (Å²) in [5.41, 5.74) is 1.57. The number of methoxy groups -OCH3 is 1. The maximum Gasteiger partial charge on any atom is 0.178 e. The molecule has 0 atom stereocenters. The van der Waals surface area contributed by atoms with Gasteiger partial charge in [0.25, 0.3) is 0 Å². The maximum absolute atomic E-state index is 5.69. The lowest BCUT2D eigenvalue weighted by Gasteiger charge is -2.34. The molecule has 1 aliphatic rings. The summed E-state index contributed by atoms with van der Waals surface area (Å²) < 4.78 is 16.5. The number of hydrogen-bond acceptors (Lipinski definition) is 5. The number of benzene rings is 1. The van der Waals surface area contributed by atoms with E-state index in [1.165, 1.54) is 0 Å². The van der Waals surface area contributed by atoms with Gasteiger partial charge in [-0.15, -0.1) is 5.10 Å². The zero-order valence-corrected chi connectivity index (χ0v) is 14.2. The molecule has 1 aliphatic heterocycles. The molecule has 3 rings (SSSR count). The molecule has 0 bridgehead atoms. The fraction of sp³-hybridized carbons (Fsp3) is 0.444. The lowest BCUT2D eigenvalue weighted by molar-refractivity contribution is -0.228. The van der Waals surface area contributed by atoms with Crippen LogP contribution in [0.1, 0.15) is 25.1 Å². The number of aromatic nitrogens is 3. The molecule has 6 heteroatoms. The molecular weight excluding hydrogens is 306 g/mol. The first-order chi connectivity index (χ1) is 11.5. The van der Waals surface area contributed by atoms with E-state index in [4.69, 9.17) is 14.2 Å². The van der Waals surface area contributed by atoms with E-state index in [2.05, 4.69) is 35.9 Å². The van der Waals surface area contributed by atoms with E-state index in [1.807, 2.05) is 24.3 Å². The molecule has 2 aromatic rings. The highest BCUT2D eigenvalue weighted by atomic mass is 16.7. The minimum Gasteiger partial charge on any atom is -0.497 e. The van der Waals surface area contributed by atoms with Crippen LogP contribution < -0.4 is 4.74 Å². The fourth-order valence-electron chi connectivity index (χ4n) is 2.22. The Morgan fingerprint density at radius 1 is 1.21 bits per heavy atom. The minimum atomic E-state index is -0.312. The van der Waals surface area contributed by atoms with Gasteiger partial charge in [-0.2, -0.15) is 9.90 Å². The third kappa shape index (κ3) is 4.34. The Labute approximate surface area is 141 Å². The lowest BCUT2D eigenvalue weighted by atomic mass is 9.96. The molecule has 24 heavy (non-hydrogen) atoms. The number of rotatable bonds is 3. The van der Waals surface area contributed by atoms with Crippen molar-refractivity contribution in [3.63, 3.8) is 0 Å². The van der Waals surface area contributed by atoms with Gasteiger partial charge in [-0.3, -0.25) is 0 Å². The van der Waals surface area contributed by atoms with Gasteiger partial charge in [-0.05, 0) is 30.2 Å². The number of hydrogen-bond donors (Lipinski definition) is 0. The van der Waals surface area contributed by atoms with Crippen molar-refractivity contribution in [2.24, 2.45) is 5.41 Å². The molecule has 0 saturated carbocycles. The minimum absolute atomic E-state index is 0.0586. The Morgan fingerprint density at radius 3 is 2.58 bits per heavy atom. The Morgan fingerprint density at radius 2 is 1.92 bits per heavy atom. The molecule has 0 aliphatic carbocycles. The van der Waals surface area contributed by atoms with E-state index >= 15 is 0 Å². The predicted molar refractivity (Wildman–Crippen MR) is 88.5 cm³/mol. The molecule has 1 saturated heterocycles. The highest BCUT2D eigenvalue weighted by molar-refractivity contribution is 5.41. The van der Waals surface area contributed by atoms with Gasteiger partial charge in [-0.1, -0.05) is 19.8 Å². The third-order valence-corrected chi connectivity index (χ3v) is 3.59. The highest BCUT2D eigenvalue weighted by Gasteiger charge is 2.28. The topological polar surface area (TPSA) is 58.4 Å². The summed E-state index contributed by atoms with van der Waals surface area (Å²) >= 11 is 0. The molecular formula is C18H21N3O3. The normalized spacial score (nSPS) is 17.1. The molecule has 2 heterocycles. The molecule has 0 unspecified atom stereocenters. The second-order valence-corrected chi connectivity index (χ2v) is 6.48. The molecule has 126 valence electrons. The summed E-state index contributed by atoms with van der Waals surface area (Å²) in [7, 11) is 1.64. The average Bonchev–Trinajstić information content (AvgIpc) is 3.03. The zero-order chi connectivity index (χ0) is 17.0. The van der Waals surface area contributed by atoms with Gasteiger partial charge in [0.05, 0.1) is 26.5 Å². The van der Waals surface area contributed by atoms with E-state index in [-0.39, 0.29) is 11.7 Å². The van der Waals surface area contributed by atoms with Crippen LogP contribution in [0.5, 0.6) is 5.75 Å². The number of nitrogens with zero attached hydrogens (tertiary/aromatic N) is 3. The van der Waals surface area contributed by atoms with Gasteiger partial charge in [-0.25, -0.2) is 0 Å². The van der Waals surface area contributed by atoms with Crippen molar-refractivity contribution >= 4 is 0 Å². The molecule has 0 N–H and O–H groups in total. The smallest absolute Gasteiger partial charge is 0.178 e. The van der Waals surface area contributed by atoms with Crippen LogP contribution in [0.3, 0.4) is 0 Å². The first kappa shape index (κ1) is 16.5. The lowest BCUT2D eigenvalue weighted by Crippen LogP contribution is -2.39. The second-order valence-electron chi connectivity index (χ2n) is 6.48. The van der Waals surface area contributed by atoms with Crippen molar-refractivity contribution in [2.75, 3.05) is 20.3 Å². The molecule has 1 aromatic carbocycles. The first-order valence-corrected chi connectivity index (χ1v) is 7.83. The summed E-state index contributed by atoms with van der Waals surface area (Å²) in [5, 5.41) is 8.55. The van der Waals surface area contributed by atoms with E-state index in [1.54, 1.807) is 18.1 Å². The number of ether oxygens (including phenoxy) is 3. The molecule has 1 fully saturated rings. The van der Waals surface area contributed by atoms with Crippen LogP contribution >= 0.6 is 0 Å². The molecule has 0 spiro atoms. The Balaban J connectivity index is 1.59. The van der Waals surface area contributed by atoms with Gasteiger partial charge in [0.2, 0.25) is 0 Å². The van der Waals surface area contributed by atoms with Crippen LogP contribution in [0, 0.1) is 17.3 Å². The van der Waals surface area contributed by atoms with Gasteiger partial charge in [0, 0.05) is 11.0 Å². The van der Waals surface area contributed by atoms with Crippen LogP contribution in [-0.4, -0.2) is 41.6 Å². The van der Waals surface area contributed by atoms with Gasteiger partial charge < -0.3 is 14.2 Å². The van der Waals surface area contributed by atoms with Crippen LogP contribution in [0.25, 0.3) is 0 Å². The van der Waals surface area contributed by atoms with Gasteiger partial charge in [0.1, 0.15) is 12.3 Å². The molecule has 0 radical (unpaired) electrons. The van der Waals surface area contributed by atoms with E-state index in [0.29, 0.717) is 25.5 Å². The molecule has 6 nitrogen and oxygen atoms in total. The fourth-order valence-corrected chi connectivity index (χ4v) is 2.22. The summed E-state index contributed by atoms with van der Waals surface area (Å²) in [6, 6.07) is 7.56. The molecule has 0 amide bonds. The van der Waals surface area contributed by atoms with Crippen molar-refractivity contribution < 1.29 is 14.2 Å².